The number of hydrogen-bond acceptors (Lipinski definition) is 3. The lowest BCUT2D eigenvalue weighted by Gasteiger charge is -2.28. The van der Waals surface area contributed by atoms with E-state index in [0.717, 1.165) is 25.9 Å². The van der Waals surface area contributed by atoms with E-state index in [1.54, 1.807) is 0 Å². The molecule has 2 N–H and O–H groups in total. The molecule has 1 aliphatic rings. The van der Waals surface area contributed by atoms with Crippen molar-refractivity contribution in [3.8, 4) is 0 Å². The maximum atomic E-state index is 12.2. The molecule has 0 aromatic heterocycles. The SMILES string of the molecule is CC(CCCC(=O)O)NC(=O)N1CCCC1CN(C)C. The van der Waals surface area contributed by atoms with Crippen molar-refractivity contribution in [3.63, 3.8) is 0 Å². The van der Waals surface area contributed by atoms with E-state index in [1.165, 1.54) is 0 Å². The molecule has 0 saturated carbocycles. The molecule has 6 heteroatoms. The van der Waals surface area contributed by atoms with Crippen LogP contribution in [-0.4, -0.2) is 66.2 Å². The first-order valence-electron chi connectivity index (χ1n) is 7.33. The Kier molecular flexibility index (Phi) is 6.78. The average Bonchev–Trinajstić information content (AvgIpc) is 2.75. The minimum Gasteiger partial charge on any atom is -0.481 e. The molecule has 2 amide bonds. The van der Waals surface area contributed by atoms with Crippen LogP contribution in [0.3, 0.4) is 0 Å². The van der Waals surface area contributed by atoms with Gasteiger partial charge in [0.05, 0.1) is 0 Å². The van der Waals surface area contributed by atoms with Crippen LogP contribution >= 0.6 is 0 Å². The molecule has 2 unspecified atom stereocenters. The third-order valence-electron chi connectivity index (χ3n) is 3.61. The largest absolute Gasteiger partial charge is 0.481 e. The fourth-order valence-corrected chi connectivity index (χ4v) is 2.64. The van der Waals surface area contributed by atoms with E-state index in [0.29, 0.717) is 12.8 Å². The first kappa shape index (κ1) is 16.8. The van der Waals surface area contributed by atoms with Crippen molar-refractivity contribution in [1.29, 1.82) is 0 Å². The van der Waals surface area contributed by atoms with Crippen molar-refractivity contribution in [2.75, 3.05) is 27.2 Å². The molecule has 0 aliphatic carbocycles. The van der Waals surface area contributed by atoms with Crippen LogP contribution in [0.5, 0.6) is 0 Å². The summed E-state index contributed by atoms with van der Waals surface area (Å²) in [6.07, 6.45) is 3.56. The predicted octanol–water partition coefficient (Wildman–Crippen LogP) is 1.37. The zero-order chi connectivity index (χ0) is 15.1. The van der Waals surface area contributed by atoms with Crippen LogP contribution in [-0.2, 0) is 4.79 Å². The summed E-state index contributed by atoms with van der Waals surface area (Å²) in [4.78, 5) is 26.7. The van der Waals surface area contributed by atoms with E-state index in [4.69, 9.17) is 5.11 Å². The van der Waals surface area contributed by atoms with Gasteiger partial charge in [-0.25, -0.2) is 4.79 Å². The summed E-state index contributed by atoms with van der Waals surface area (Å²) in [6, 6.07) is 0.288. The Hall–Kier alpha value is -1.30. The van der Waals surface area contributed by atoms with Gasteiger partial charge < -0.3 is 20.2 Å². The van der Waals surface area contributed by atoms with Gasteiger partial charge in [-0.3, -0.25) is 4.79 Å². The molecule has 6 nitrogen and oxygen atoms in total. The van der Waals surface area contributed by atoms with Crippen molar-refractivity contribution < 1.29 is 14.7 Å². The second-order valence-electron chi connectivity index (χ2n) is 5.89. The maximum absolute atomic E-state index is 12.2. The number of rotatable bonds is 7. The highest BCUT2D eigenvalue weighted by Gasteiger charge is 2.29. The lowest BCUT2D eigenvalue weighted by Crippen LogP contribution is -2.48. The number of aliphatic carboxylic acids is 1. The number of nitrogens with zero attached hydrogens (tertiary/aromatic N) is 2. The first-order chi connectivity index (χ1) is 9.40. The number of carbonyl (C=O) groups is 2. The van der Waals surface area contributed by atoms with Crippen LogP contribution in [0.4, 0.5) is 4.79 Å². The van der Waals surface area contributed by atoms with Gasteiger partial charge in [-0.05, 0) is 46.7 Å². The number of nitrogens with one attached hydrogen (secondary N) is 1. The van der Waals surface area contributed by atoms with Crippen LogP contribution in [0, 0.1) is 0 Å². The van der Waals surface area contributed by atoms with E-state index in [2.05, 4.69) is 10.2 Å². The molecule has 1 fully saturated rings. The molecule has 20 heavy (non-hydrogen) atoms. The molecule has 116 valence electrons. The second-order valence-corrected chi connectivity index (χ2v) is 5.89. The van der Waals surface area contributed by atoms with Crippen LogP contribution < -0.4 is 5.32 Å². The summed E-state index contributed by atoms with van der Waals surface area (Å²) in [5, 5.41) is 11.6. The molecule has 1 saturated heterocycles. The minimum atomic E-state index is -0.783. The number of hydrogen-bond donors (Lipinski definition) is 2. The molecule has 0 radical (unpaired) electrons. The molecule has 0 aromatic carbocycles. The summed E-state index contributed by atoms with van der Waals surface area (Å²) >= 11 is 0. The van der Waals surface area contributed by atoms with Gasteiger partial charge in [0.1, 0.15) is 0 Å². The van der Waals surface area contributed by atoms with Crippen LogP contribution in [0.1, 0.15) is 39.0 Å². The maximum Gasteiger partial charge on any atom is 0.317 e. The predicted molar refractivity (Wildman–Crippen MR) is 77.8 cm³/mol. The first-order valence-corrected chi connectivity index (χ1v) is 7.33. The van der Waals surface area contributed by atoms with Crippen molar-refractivity contribution in [2.24, 2.45) is 0 Å². The summed E-state index contributed by atoms with van der Waals surface area (Å²) in [6.45, 7) is 3.63. The van der Waals surface area contributed by atoms with Crippen LogP contribution in [0.15, 0.2) is 0 Å². The quantitative estimate of drug-likeness (QED) is 0.741. The number of carbonyl (C=O) groups excluding carboxylic acids is 1. The third kappa shape index (κ3) is 5.77. The average molecular weight is 285 g/mol. The van der Waals surface area contributed by atoms with Crippen molar-refractivity contribution >= 4 is 12.0 Å². The van der Waals surface area contributed by atoms with Crippen molar-refractivity contribution in [1.82, 2.24) is 15.1 Å². The van der Waals surface area contributed by atoms with Gasteiger partial charge in [0.2, 0.25) is 0 Å². The minimum absolute atomic E-state index is 0.0162. The van der Waals surface area contributed by atoms with Gasteiger partial charge in [0.25, 0.3) is 0 Å². The molecular formula is C14H27N3O3. The zero-order valence-electron chi connectivity index (χ0n) is 12.8. The summed E-state index contributed by atoms with van der Waals surface area (Å²) in [5.41, 5.74) is 0. The molecular weight excluding hydrogens is 258 g/mol. The summed E-state index contributed by atoms with van der Waals surface area (Å²) < 4.78 is 0. The zero-order valence-corrected chi connectivity index (χ0v) is 12.8. The second kappa shape index (κ2) is 8.09. The van der Waals surface area contributed by atoms with E-state index in [-0.39, 0.29) is 24.5 Å². The Labute approximate surface area is 121 Å². The van der Waals surface area contributed by atoms with E-state index in [1.807, 2.05) is 25.9 Å². The normalized spacial score (nSPS) is 20.2. The summed E-state index contributed by atoms with van der Waals surface area (Å²) in [7, 11) is 4.03. The molecule has 1 aliphatic heterocycles. The Balaban J connectivity index is 2.35. The van der Waals surface area contributed by atoms with Crippen molar-refractivity contribution in [3.05, 3.63) is 0 Å². The topological polar surface area (TPSA) is 72.9 Å². The molecule has 1 rings (SSSR count). The number of urea groups is 1. The van der Waals surface area contributed by atoms with Crippen LogP contribution in [0.25, 0.3) is 0 Å². The Morgan fingerprint density at radius 2 is 2.15 bits per heavy atom. The highest BCUT2D eigenvalue weighted by Crippen LogP contribution is 2.18. The van der Waals surface area contributed by atoms with Gasteiger partial charge >= 0.3 is 12.0 Å². The molecule has 2 atom stereocenters. The lowest BCUT2D eigenvalue weighted by atomic mass is 10.1. The Bertz CT molecular complexity index is 334. The number of carboxylic acids is 1. The van der Waals surface area contributed by atoms with Gasteiger partial charge in [-0.1, -0.05) is 0 Å². The van der Waals surface area contributed by atoms with E-state index in [9.17, 15) is 9.59 Å². The van der Waals surface area contributed by atoms with Gasteiger partial charge in [-0.15, -0.1) is 0 Å². The molecule has 0 spiro atoms. The number of amides is 2. The number of carboxylic acid groups (broad SMARTS) is 1. The lowest BCUT2D eigenvalue weighted by molar-refractivity contribution is -0.137. The van der Waals surface area contributed by atoms with Gasteiger partial charge in [0, 0.05) is 31.6 Å². The monoisotopic (exact) mass is 285 g/mol. The standard InChI is InChI=1S/C14H27N3O3/c1-11(6-4-8-13(18)19)15-14(20)17-9-5-7-12(17)10-16(2)3/h11-12H,4-10H2,1-3H3,(H,15,20)(H,18,19). The van der Waals surface area contributed by atoms with E-state index < -0.39 is 5.97 Å². The Morgan fingerprint density at radius 1 is 1.45 bits per heavy atom. The van der Waals surface area contributed by atoms with Crippen LogP contribution in [0.2, 0.25) is 0 Å². The summed E-state index contributed by atoms with van der Waals surface area (Å²) in [5.74, 6) is -0.783. The smallest absolute Gasteiger partial charge is 0.317 e. The third-order valence-corrected chi connectivity index (χ3v) is 3.61. The highest BCUT2D eigenvalue weighted by molar-refractivity contribution is 5.75. The number of likely N-dealkylation sites (tertiary alicyclic amines) is 1. The molecule has 0 aromatic rings. The Morgan fingerprint density at radius 3 is 2.75 bits per heavy atom. The fraction of sp³-hybridized carbons (Fsp3) is 0.857. The van der Waals surface area contributed by atoms with Crippen molar-refractivity contribution in [2.45, 2.75) is 51.1 Å². The number of likely N-dealkylation sites (N-methyl/N-ethyl adjacent to an activating group) is 1. The molecule has 0 bridgehead atoms. The van der Waals surface area contributed by atoms with Gasteiger partial charge in [0.15, 0.2) is 0 Å². The fourth-order valence-electron chi connectivity index (χ4n) is 2.64. The highest BCUT2D eigenvalue weighted by atomic mass is 16.4. The van der Waals surface area contributed by atoms with E-state index >= 15 is 0 Å². The molecule has 1 heterocycles. The van der Waals surface area contributed by atoms with Gasteiger partial charge in [-0.2, -0.15) is 0 Å².